The Hall–Kier alpha value is -2.66. The first-order chi connectivity index (χ1) is 12.4. The van der Waals surface area contributed by atoms with Gasteiger partial charge in [-0.1, -0.05) is 11.6 Å². The molecule has 0 radical (unpaired) electrons. The van der Waals surface area contributed by atoms with Crippen molar-refractivity contribution in [2.45, 2.75) is 20.8 Å². The van der Waals surface area contributed by atoms with Gasteiger partial charge in [0.2, 0.25) is 0 Å². The molecule has 3 aromatic rings. The Morgan fingerprint density at radius 1 is 1.12 bits per heavy atom. The molecule has 0 aliphatic heterocycles. The van der Waals surface area contributed by atoms with E-state index in [4.69, 9.17) is 11.6 Å². The summed E-state index contributed by atoms with van der Waals surface area (Å²) in [6.07, 6.45) is 0. The average Bonchev–Trinajstić information content (AvgIpc) is 2.91. The van der Waals surface area contributed by atoms with Crippen molar-refractivity contribution in [2.75, 3.05) is 11.4 Å². The normalized spacial score (nSPS) is 10.8. The van der Waals surface area contributed by atoms with Crippen LogP contribution in [0.25, 0.3) is 5.69 Å². The predicted molar refractivity (Wildman–Crippen MR) is 102 cm³/mol. The highest BCUT2D eigenvalue weighted by atomic mass is 35.5. The van der Waals surface area contributed by atoms with Crippen molar-refractivity contribution in [1.29, 1.82) is 0 Å². The maximum Gasteiger partial charge on any atom is 0.258 e. The number of benzene rings is 2. The Labute approximate surface area is 156 Å². The van der Waals surface area contributed by atoms with Gasteiger partial charge < -0.3 is 4.90 Å². The second kappa shape index (κ2) is 7.30. The van der Waals surface area contributed by atoms with Crippen LogP contribution in [0.5, 0.6) is 0 Å². The van der Waals surface area contributed by atoms with Gasteiger partial charge >= 0.3 is 0 Å². The van der Waals surface area contributed by atoms with Gasteiger partial charge in [-0.25, -0.2) is 9.07 Å². The van der Waals surface area contributed by atoms with E-state index in [2.05, 4.69) is 5.10 Å². The predicted octanol–water partition coefficient (Wildman–Crippen LogP) is 4.95. The fourth-order valence-electron chi connectivity index (χ4n) is 2.84. The van der Waals surface area contributed by atoms with Gasteiger partial charge in [0.05, 0.1) is 22.1 Å². The van der Waals surface area contributed by atoms with Gasteiger partial charge in [-0.2, -0.15) is 5.10 Å². The highest BCUT2D eigenvalue weighted by molar-refractivity contribution is 6.31. The fourth-order valence-corrected chi connectivity index (χ4v) is 2.96. The minimum Gasteiger partial charge on any atom is -0.309 e. The van der Waals surface area contributed by atoms with E-state index >= 15 is 0 Å². The van der Waals surface area contributed by atoms with Crippen LogP contribution in [0.1, 0.15) is 28.7 Å². The van der Waals surface area contributed by atoms with Gasteiger partial charge in [-0.3, -0.25) is 4.79 Å². The van der Waals surface area contributed by atoms with Crippen molar-refractivity contribution >= 4 is 23.2 Å². The number of anilines is 1. The van der Waals surface area contributed by atoms with Gasteiger partial charge in [0.1, 0.15) is 5.82 Å². The van der Waals surface area contributed by atoms with Crippen molar-refractivity contribution in [3.8, 4) is 5.69 Å². The van der Waals surface area contributed by atoms with Gasteiger partial charge in [-0.15, -0.1) is 0 Å². The van der Waals surface area contributed by atoms with E-state index in [0.717, 1.165) is 17.1 Å². The molecule has 0 aliphatic rings. The van der Waals surface area contributed by atoms with Gasteiger partial charge in [0.25, 0.3) is 5.91 Å². The summed E-state index contributed by atoms with van der Waals surface area (Å²) in [6, 6.07) is 13.1. The molecule has 134 valence electrons. The molecule has 0 saturated heterocycles. The van der Waals surface area contributed by atoms with Gasteiger partial charge in [0, 0.05) is 17.8 Å². The lowest BCUT2D eigenvalue weighted by Crippen LogP contribution is -2.30. The molecule has 0 unspecified atom stereocenters. The molecule has 0 fully saturated rings. The topological polar surface area (TPSA) is 38.1 Å². The molecular weight excluding hydrogens is 353 g/mol. The zero-order valence-corrected chi connectivity index (χ0v) is 15.6. The molecule has 2 aromatic carbocycles. The molecule has 0 saturated carbocycles. The highest BCUT2D eigenvalue weighted by Crippen LogP contribution is 2.23. The number of carbonyl (C=O) groups is 1. The molecule has 1 amide bonds. The Bertz CT molecular complexity index is 933. The van der Waals surface area contributed by atoms with Crippen LogP contribution >= 0.6 is 11.6 Å². The zero-order valence-electron chi connectivity index (χ0n) is 14.8. The molecule has 0 bridgehead atoms. The lowest BCUT2D eigenvalue weighted by atomic mass is 10.1. The van der Waals surface area contributed by atoms with Gasteiger partial charge in [0.15, 0.2) is 0 Å². The third-order valence-corrected chi connectivity index (χ3v) is 4.81. The second-order valence-electron chi connectivity index (χ2n) is 5.97. The second-order valence-corrected chi connectivity index (χ2v) is 6.35. The Morgan fingerprint density at radius 3 is 2.23 bits per heavy atom. The summed E-state index contributed by atoms with van der Waals surface area (Å²) in [5.74, 6) is -0.470. The van der Waals surface area contributed by atoms with Crippen molar-refractivity contribution in [3.05, 3.63) is 76.3 Å². The molecule has 3 rings (SSSR count). The number of carbonyl (C=O) groups excluding carboxylic acids is 1. The van der Waals surface area contributed by atoms with E-state index in [9.17, 15) is 9.18 Å². The molecule has 4 nitrogen and oxygen atoms in total. The fraction of sp³-hybridized carbons (Fsp3) is 0.200. The maximum atomic E-state index is 13.1. The van der Waals surface area contributed by atoms with Crippen LogP contribution < -0.4 is 4.90 Å². The van der Waals surface area contributed by atoms with Crippen LogP contribution in [-0.4, -0.2) is 22.2 Å². The number of halogens is 2. The van der Waals surface area contributed by atoms with Crippen LogP contribution in [0, 0.1) is 19.7 Å². The Balaban J connectivity index is 1.88. The lowest BCUT2D eigenvalue weighted by Gasteiger charge is -2.21. The van der Waals surface area contributed by atoms with E-state index in [0.29, 0.717) is 22.8 Å². The molecule has 0 aliphatic carbocycles. The van der Waals surface area contributed by atoms with Crippen LogP contribution in [0.4, 0.5) is 10.1 Å². The third-order valence-electron chi connectivity index (χ3n) is 4.26. The average molecular weight is 372 g/mol. The number of amides is 1. The minimum atomic E-state index is -0.329. The van der Waals surface area contributed by atoms with Crippen LogP contribution in [-0.2, 0) is 0 Å². The lowest BCUT2D eigenvalue weighted by molar-refractivity contribution is 0.0988. The van der Waals surface area contributed by atoms with E-state index in [1.807, 2.05) is 32.9 Å². The van der Waals surface area contributed by atoms with E-state index < -0.39 is 0 Å². The summed E-state index contributed by atoms with van der Waals surface area (Å²) in [7, 11) is 0. The smallest absolute Gasteiger partial charge is 0.258 e. The van der Waals surface area contributed by atoms with Crippen molar-refractivity contribution < 1.29 is 9.18 Å². The number of aryl methyl sites for hydroxylation is 1. The zero-order chi connectivity index (χ0) is 18.8. The molecule has 0 atom stereocenters. The number of aromatic nitrogens is 2. The summed E-state index contributed by atoms with van der Waals surface area (Å²) in [5.41, 5.74) is 3.65. The molecule has 26 heavy (non-hydrogen) atoms. The largest absolute Gasteiger partial charge is 0.309 e. The van der Waals surface area contributed by atoms with Crippen molar-refractivity contribution in [1.82, 2.24) is 9.78 Å². The van der Waals surface area contributed by atoms with Crippen LogP contribution in [0.2, 0.25) is 5.02 Å². The quantitative estimate of drug-likeness (QED) is 0.651. The van der Waals surface area contributed by atoms with E-state index in [1.165, 1.54) is 12.1 Å². The summed E-state index contributed by atoms with van der Waals surface area (Å²) in [4.78, 5) is 14.4. The first-order valence-electron chi connectivity index (χ1n) is 8.32. The molecule has 0 N–H and O–H groups in total. The number of hydrogen-bond acceptors (Lipinski definition) is 2. The third kappa shape index (κ3) is 3.35. The standard InChI is InChI=1S/C20H19ClFN3O/c1-4-24(17-11-7-16(22)8-12-17)20(26)15-5-9-18(10-6-15)25-14(3)19(21)13(2)23-25/h5-12H,4H2,1-3H3. The Kier molecular flexibility index (Phi) is 5.09. The number of nitrogens with zero attached hydrogens (tertiary/aromatic N) is 3. The monoisotopic (exact) mass is 371 g/mol. The van der Waals surface area contributed by atoms with E-state index in [-0.39, 0.29) is 11.7 Å². The summed E-state index contributed by atoms with van der Waals surface area (Å²) < 4.78 is 14.9. The molecule has 1 aromatic heterocycles. The molecule has 1 heterocycles. The first kappa shape index (κ1) is 18.1. The van der Waals surface area contributed by atoms with Crippen LogP contribution in [0.3, 0.4) is 0 Å². The Morgan fingerprint density at radius 2 is 1.73 bits per heavy atom. The maximum absolute atomic E-state index is 13.1. The SMILES string of the molecule is CCN(C(=O)c1ccc(-n2nc(C)c(Cl)c2C)cc1)c1ccc(F)cc1. The van der Waals surface area contributed by atoms with Crippen molar-refractivity contribution in [3.63, 3.8) is 0 Å². The number of rotatable bonds is 4. The van der Waals surface area contributed by atoms with Gasteiger partial charge in [-0.05, 0) is 69.3 Å². The summed E-state index contributed by atoms with van der Waals surface area (Å²) in [5, 5.41) is 5.05. The minimum absolute atomic E-state index is 0.142. The van der Waals surface area contributed by atoms with Crippen LogP contribution in [0.15, 0.2) is 48.5 Å². The summed E-state index contributed by atoms with van der Waals surface area (Å²) >= 11 is 6.20. The molecular formula is C20H19ClFN3O. The van der Waals surface area contributed by atoms with E-state index in [1.54, 1.807) is 33.8 Å². The molecule has 6 heteroatoms. The summed E-state index contributed by atoms with van der Waals surface area (Å²) in [6.45, 7) is 6.12. The first-order valence-corrected chi connectivity index (χ1v) is 8.69. The van der Waals surface area contributed by atoms with Crippen molar-refractivity contribution in [2.24, 2.45) is 0 Å². The highest BCUT2D eigenvalue weighted by Gasteiger charge is 2.17. The molecule has 0 spiro atoms. The number of hydrogen-bond donors (Lipinski definition) is 0.